The number of amides is 1. The van der Waals surface area contributed by atoms with Gasteiger partial charge in [0.2, 0.25) is 5.82 Å². The molecule has 1 fully saturated rings. The van der Waals surface area contributed by atoms with Gasteiger partial charge in [-0.25, -0.2) is 4.39 Å². The van der Waals surface area contributed by atoms with Crippen LogP contribution in [0.3, 0.4) is 0 Å². The molecule has 0 spiro atoms. The number of nitro groups is 1. The normalized spacial score (nSPS) is 16.4. The standard InChI is InChI=1S/C12H12F2N2O4/c1-12(5-20-6-12)4-15-11(17)7-2-10(16(18)19)9(14)3-8(7)13/h2-3H,4-6H2,1H3,(H,15,17). The van der Waals surface area contributed by atoms with E-state index in [0.717, 1.165) is 0 Å². The van der Waals surface area contributed by atoms with Crippen LogP contribution < -0.4 is 5.32 Å². The fourth-order valence-corrected chi connectivity index (χ4v) is 1.79. The van der Waals surface area contributed by atoms with Crippen molar-refractivity contribution in [2.24, 2.45) is 5.41 Å². The number of nitrogens with one attached hydrogen (secondary N) is 1. The summed E-state index contributed by atoms with van der Waals surface area (Å²) in [7, 11) is 0. The van der Waals surface area contributed by atoms with Gasteiger partial charge in [-0.05, 0) is 0 Å². The van der Waals surface area contributed by atoms with Crippen LogP contribution in [-0.4, -0.2) is 30.6 Å². The summed E-state index contributed by atoms with van der Waals surface area (Å²) in [5, 5.41) is 13.0. The summed E-state index contributed by atoms with van der Waals surface area (Å²) in [5.74, 6) is -3.28. The molecule has 0 aliphatic carbocycles. The Hall–Kier alpha value is -2.09. The maximum atomic E-state index is 13.5. The predicted octanol–water partition coefficient (Wildman–Crippen LogP) is 1.64. The van der Waals surface area contributed by atoms with Crippen molar-refractivity contribution in [3.63, 3.8) is 0 Å². The summed E-state index contributed by atoms with van der Waals surface area (Å²) in [6, 6.07) is 0.931. The van der Waals surface area contributed by atoms with Gasteiger partial charge < -0.3 is 10.1 Å². The van der Waals surface area contributed by atoms with Crippen LogP contribution in [0.5, 0.6) is 0 Å². The van der Waals surface area contributed by atoms with Gasteiger partial charge in [-0.1, -0.05) is 6.92 Å². The zero-order valence-electron chi connectivity index (χ0n) is 10.6. The molecule has 1 saturated heterocycles. The lowest BCUT2D eigenvalue weighted by Crippen LogP contribution is -2.48. The average Bonchev–Trinajstić information content (AvgIpc) is 2.33. The van der Waals surface area contributed by atoms with E-state index < -0.39 is 33.7 Å². The highest BCUT2D eigenvalue weighted by Crippen LogP contribution is 2.26. The van der Waals surface area contributed by atoms with Crippen LogP contribution in [0.25, 0.3) is 0 Å². The smallest absolute Gasteiger partial charge is 0.305 e. The summed E-state index contributed by atoms with van der Waals surface area (Å²) in [4.78, 5) is 21.4. The van der Waals surface area contributed by atoms with E-state index in [1.54, 1.807) is 0 Å². The van der Waals surface area contributed by atoms with Crippen molar-refractivity contribution in [3.05, 3.63) is 39.4 Å². The molecule has 0 aromatic heterocycles. The lowest BCUT2D eigenvalue weighted by atomic mass is 9.88. The Morgan fingerprint density at radius 2 is 2.10 bits per heavy atom. The summed E-state index contributed by atoms with van der Waals surface area (Å²) < 4.78 is 31.7. The first-order valence-corrected chi connectivity index (χ1v) is 5.82. The molecule has 108 valence electrons. The molecule has 0 atom stereocenters. The first-order chi connectivity index (χ1) is 9.32. The van der Waals surface area contributed by atoms with Crippen LogP contribution in [0.1, 0.15) is 17.3 Å². The van der Waals surface area contributed by atoms with Gasteiger partial charge in [0.05, 0.1) is 23.7 Å². The third kappa shape index (κ3) is 2.74. The SMILES string of the molecule is CC1(CNC(=O)c2cc([N+](=O)[O-])c(F)cc2F)COC1. The molecule has 1 aliphatic rings. The minimum Gasteiger partial charge on any atom is -0.380 e. The molecule has 6 nitrogen and oxygen atoms in total. The van der Waals surface area contributed by atoms with E-state index in [1.807, 2.05) is 6.92 Å². The lowest BCUT2D eigenvalue weighted by Gasteiger charge is -2.38. The molecule has 0 bridgehead atoms. The topological polar surface area (TPSA) is 81.5 Å². The molecule has 1 aromatic carbocycles. The summed E-state index contributed by atoms with van der Waals surface area (Å²) in [5.41, 5.74) is -1.71. The highest BCUT2D eigenvalue weighted by atomic mass is 19.1. The molecular weight excluding hydrogens is 274 g/mol. The maximum Gasteiger partial charge on any atom is 0.305 e. The summed E-state index contributed by atoms with van der Waals surface area (Å²) in [6.07, 6.45) is 0. The van der Waals surface area contributed by atoms with Crippen LogP contribution in [0.4, 0.5) is 14.5 Å². The monoisotopic (exact) mass is 286 g/mol. The molecular formula is C12H12F2N2O4. The van der Waals surface area contributed by atoms with E-state index in [4.69, 9.17) is 4.74 Å². The van der Waals surface area contributed by atoms with E-state index in [0.29, 0.717) is 25.3 Å². The molecule has 8 heteroatoms. The number of hydrogen-bond donors (Lipinski definition) is 1. The molecule has 2 rings (SSSR count). The molecule has 0 saturated carbocycles. The van der Waals surface area contributed by atoms with Gasteiger partial charge >= 0.3 is 5.69 Å². The van der Waals surface area contributed by atoms with Gasteiger partial charge in [-0.3, -0.25) is 14.9 Å². The van der Waals surface area contributed by atoms with Crippen molar-refractivity contribution in [2.45, 2.75) is 6.92 Å². The third-order valence-corrected chi connectivity index (χ3v) is 3.05. The van der Waals surface area contributed by atoms with Crippen LogP contribution >= 0.6 is 0 Å². The largest absolute Gasteiger partial charge is 0.380 e. The van der Waals surface area contributed by atoms with E-state index in [9.17, 15) is 23.7 Å². The molecule has 1 aliphatic heterocycles. The van der Waals surface area contributed by atoms with E-state index in [-0.39, 0.29) is 12.0 Å². The third-order valence-electron chi connectivity index (χ3n) is 3.05. The Kier molecular flexibility index (Phi) is 3.67. The van der Waals surface area contributed by atoms with Gasteiger partial charge in [0.25, 0.3) is 5.91 Å². The van der Waals surface area contributed by atoms with Crippen LogP contribution in [0, 0.1) is 27.2 Å². The van der Waals surface area contributed by atoms with Gasteiger partial charge in [0.1, 0.15) is 5.82 Å². The number of benzene rings is 1. The highest BCUT2D eigenvalue weighted by Gasteiger charge is 2.34. The molecule has 1 aromatic rings. The van der Waals surface area contributed by atoms with Crippen molar-refractivity contribution in [3.8, 4) is 0 Å². The number of nitro benzene ring substituents is 1. The number of rotatable bonds is 4. The van der Waals surface area contributed by atoms with Crippen molar-refractivity contribution in [1.82, 2.24) is 5.32 Å². The molecule has 0 unspecified atom stereocenters. The second-order valence-electron chi connectivity index (χ2n) is 5.03. The van der Waals surface area contributed by atoms with Crippen molar-refractivity contribution >= 4 is 11.6 Å². The lowest BCUT2D eigenvalue weighted by molar-refractivity contribution is -0.387. The Balaban J connectivity index is 2.16. The Morgan fingerprint density at radius 3 is 2.60 bits per heavy atom. The number of carbonyl (C=O) groups is 1. The van der Waals surface area contributed by atoms with E-state index in [1.165, 1.54) is 0 Å². The Bertz CT molecular complexity index is 573. The Morgan fingerprint density at radius 1 is 1.45 bits per heavy atom. The molecule has 0 radical (unpaired) electrons. The van der Waals surface area contributed by atoms with E-state index in [2.05, 4.69) is 5.32 Å². The van der Waals surface area contributed by atoms with Gasteiger partial charge in [-0.15, -0.1) is 0 Å². The zero-order valence-corrected chi connectivity index (χ0v) is 10.6. The van der Waals surface area contributed by atoms with Gasteiger partial charge in [0.15, 0.2) is 0 Å². The Labute approximate surface area is 112 Å². The van der Waals surface area contributed by atoms with Crippen LogP contribution in [0.2, 0.25) is 0 Å². The molecule has 20 heavy (non-hydrogen) atoms. The average molecular weight is 286 g/mol. The molecule has 1 heterocycles. The number of ether oxygens (including phenoxy) is 1. The first kappa shape index (κ1) is 14.3. The second-order valence-corrected chi connectivity index (χ2v) is 5.03. The van der Waals surface area contributed by atoms with Crippen LogP contribution in [-0.2, 0) is 4.74 Å². The van der Waals surface area contributed by atoms with Crippen molar-refractivity contribution in [2.75, 3.05) is 19.8 Å². The fraction of sp³-hybridized carbons (Fsp3) is 0.417. The highest BCUT2D eigenvalue weighted by molar-refractivity contribution is 5.95. The number of nitrogens with zero attached hydrogens (tertiary/aromatic N) is 1. The fourth-order valence-electron chi connectivity index (χ4n) is 1.79. The predicted molar refractivity (Wildman–Crippen MR) is 64.3 cm³/mol. The number of hydrogen-bond acceptors (Lipinski definition) is 4. The summed E-state index contributed by atoms with van der Waals surface area (Å²) in [6.45, 7) is 3.06. The number of halogens is 2. The number of carbonyl (C=O) groups excluding carboxylic acids is 1. The van der Waals surface area contributed by atoms with Crippen LogP contribution in [0.15, 0.2) is 12.1 Å². The minimum absolute atomic E-state index is 0.224. The quantitative estimate of drug-likeness (QED) is 0.674. The second kappa shape index (κ2) is 5.12. The molecule has 1 N–H and O–H groups in total. The minimum atomic E-state index is -1.32. The molecule has 1 amide bonds. The zero-order chi connectivity index (χ0) is 14.9. The van der Waals surface area contributed by atoms with Crippen molar-refractivity contribution in [1.29, 1.82) is 0 Å². The maximum absolute atomic E-state index is 13.5. The van der Waals surface area contributed by atoms with Gasteiger partial charge in [0, 0.05) is 24.1 Å². The summed E-state index contributed by atoms with van der Waals surface area (Å²) >= 11 is 0. The van der Waals surface area contributed by atoms with E-state index >= 15 is 0 Å². The van der Waals surface area contributed by atoms with Gasteiger partial charge in [-0.2, -0.15) is 4.39 Å². The van der Waals surface area contributed by atoms with Crippen molar-refractivity contribution < 1.29 is 23.2 Å². The first-order valence-electron chi connectivity index (χ1n) is 5.82.